The van der Waals surface area contributed by atoms with Crippen LogP contribution in [-0.2, 0) is 16.6 Å². The molecule has 0 saturated carbocycles. The lowest BCUT2D eigenvalue weighted by molar-refractivity contribution is 0.267. The van der Waals surface area contributed by atoms with E-state index >= 15 is 0 Å². The van der Waals surface area contributed by atoms with Crippen LogP contribution >= 0.6 is 24.0 Å². The number of benzene rings is 1. The van der Waals surface area contributed by atoms with Crippen LogP contribution in [0.2, 0.25) is 0 Å². The van der Waals surface area contributed by atoms with Gasteiger partial charge in [0.05, 0.1) is 11.4 Å². The van der Waals surface area contributed by atoms with Gasteiger partial charge in [0.15, 0.2) is 5.96 Å². The van der Waals surface area contributed by atoms with E-state index in [1.54, 1.807) is 24.3 Å². The molecule has 0 radical (unpaired) electrons. The molecule has 1 atom stereocenters. The van der Waals surface area contributed by atoms with Crippen molar-refractivity contribution >= 4 is 40.0 Å². The van der Waals surface area contributed by atoms with Gasteiger partial charge in [-0.05, 0) is 50.7 Å². The summed E-state index contributed by atoms with van der Waals surface area (Å²) in [7, 11) is -2.01. The quantitative estimate of drug-likeness (QED) is 0.308. The number of hydrogen-bond acceptors (Lipinski definition) is 4. The molecule has 1 aromatic carbocycles. The van der Waals surface area contributed by atoms with Crippen LogP contribution in [0.3, 0.4) is 0 Å². The third kappa shape index (κ3) is 6.39. The molecule has 2 rings (SSSR count). The number of aliphatic imine (C=N–C) groups is 1. The molecule has 142 valence electrons. The molecule has 1 aliphatic heterocycles. The predicted molar refractivity (Wildman–Crippen MR) is 112 cm³/mol. The van der Waals surface area contributed by atoms with Crippen molar-refractivity contribution in [2.75, 3.05) is 26.7 Å². The van der Waals surface area contributed by atoms with Gasteiger partial charge < -0.3 is 11.1 Å². The SMILES string of the molecule is CCN1CCCC1CNC(N)=NCc1ccc(S(=O)(=O)NC)cc1.I. The van der Waals surface area contributed by atoms with Crippen molar-refractivity contribution in [1.29, 1.82) is 0 Å². The van der Waals surface area contributed by atoms with Gasteiger partial charge in [-0.15, -0.1) is 24.0 Å². The number of rotatable bonds is 7. The Kier molecular flexibility index (Phi) is 9.11. The Balaban J connectivity index is 0.00000312. The van der Waals surface area contributed by atoms with Crippen molar-refractivity contribution in [3.05, 3.63) is 29.8 Å². The number of sulfonamides is 1. The van der Waals surface area contributed by atoms with Gasteiger partial charge in [0, 0.05) is 12.6 Å². The van der Waals surface area contributed by atoms with Gasteiger partial charge >= 0.3 is 0 Å². The summed E-state index contributed by atoms with van der Waals surface area (Å²) in [5.74, 6) is 0.421. The van der Waals surface area contributed by atoms with Gasteiger partial charge in [0.25, 0.3) is 0 Å². The molecule has 1 aromatic rings. The number of hydrogen-bond donors (Lipinski definition) is 3. The second-order valence-electron chi connectivity index (χ2n) is 5.86. The summed E-state index contributed by atoms with van der Waals surface area (Å²) < 4.78 is 25.6. The van der Waals surface area contributed by atoms with Gasteiger partial charge in [-0.25, -0.2) is 18.1 Å². The molecule has 0 bridgehead atoms. The highest BCUT2D eigenvalue weighted by molar-refractivity contribution is 14.0. The van der Waals surface area contributed by atoms with E-state index in [1.807, 2.05) is 0 Å². The largest absolute Gasteiger partial charge is 0.370 e. The molecular formula is C16H28IN5O2S. The molecule has 4 N–H and O–H groups in total. The van der Waals surface area contributed by atoms with Crippen molar-refractivity contribution < 1.29 is 8.42 Å². The summed E-state index contributed by atoms with van der Waals surface area (Å²) in [5.41, 5.74) is 6.83. The number of nitrogens with two attached hydrogens (primary N) is 1. The topological polar surface area (TPSA) is 99.8 Å². The lowest BCUT2D eigenvalue weighted by Crippen LogP contribution is -2.42. The van der Waals surface area contributed by atoms with Gasteiger partial charge in [0.1, 0.15) is 0 Å². The van der Waals surface area contributed by atoms with Gasteiger partial charge in [0.2, 0.25) is 10.0 Å². The van der Waals surface area contributed by atoms with Crippen molar-refractivity contribution in [2.45, 2.75) is 37.2 Å². The summed E-state index contributed by atoms with van der Waals surface area (Å²) in [6.07, 6.45) is 2.43. The summed E-state index contributed by atoms with van der Waals surface area (Å²) in [6, 6.07) is 7.15. The Hall–Kier alpha value is -0.910. The fraction of sp³-hybridized carbons (Fsp3) is 0.562. The van der Waals surface area contributed by atoms with Crippen LogP contribution in [0.25, 0.3) is 0 Å². The molecule has 0 amide bonds. The molecule has 1 fully saturated rings. The standard InChI is InChI=1S/C16H27N5O2S.HI/c1-3-21-10-4-5-14(21)12-20-16(17)19-11-13-6-8-15(9-7-13)24(22,23)18-2;/h6-9,14,18H,3-5,10-12H2,1-2H3,(H3,17,19,20);1H. The molecule has 25 heavy (non-hydrogen) atoms. The summed E-state index contributed by atoms with van der Waals surface area (Å²) in [4.78, 5) is 7.00. The molecule has 1 saturated heterocycles. The summed E-state index contributed by atoms with van der Waals surface area (Å²) >= 11 is 0. The maximum absolute atomic E-state index is 11.7. The van der Waals surface area contributed by atoms with E-state index in [0.717, 1.165) is 25.2 Å². The number of nitrogens with one attached hydrogen (secondary N) is 2. The van der Waals surface area contributed by atoms with E-state index in [2.05, 4.69) is 26.9 Å². The van der Waals surface area contributed by atoms with Crippen molar-refractivity contribution in [3.8, 4) is 0 Å². The van der Waals surface area contributed by atoms with E-state index in [1.165, 1.54) is 19.9 Å². The first kappa shape index (κ1) is 22.1. The molecule has 7 nitrogen and oxygen atoms in total. The van der Waals surface area contributed by atoms with Crippen molar-refractivity contribution in [1.82, 2.24) is 14.9 Å². The van der Waals surface area contributed by atoms with E-state index in [-0.39, 0.29) is 28.9 Å². The Labute approximate surface area is 167 Å². The highest BCUT2D eigenvalue weighted by Crippen LogP contribution is 2.15. The predicted octanol–water partition coefficient (Wildman–Crippen LogP) is 1.10. The number of guanidine groups is 1. The van der Waals surface area contributed by atoms with Crippen LogP contribution in [0.4, 0.5) is 0 Å². The Morgan fingerprint density at radius 1 is 1.36 bits per heavy atom. The first-order chi connectivity index (χ1) is 11.5. The zero-order chi connectivity index (χ0) is 17.6. The zero-order valence-corrected chi connectivity index (χ0v) is 17.9. The van der Waals surface area contributed by atoms with E-state index in [9.17, 15) is 8.42 Å². The summed E-state index contributed by atoms with van der Waals surface area (Å²) in [5, 5.41) is 3.18. The maximum Gasteiger partial charge on any atom is 0.240 e. The van der Waals surface area contributed by atoms with Crippen molar-refractivity contribution in [2.24, 2.45) is 10.7 Å². The molecule has 9 heteroatoms. The number of likely N-dealkylation sites (tertiary alicyclic amines) is 1. The molecule has 0 aliphatic carbocycles. The average Bonchev–Trinajstić information content (AvgIpc) is 3.06. The second-order valence-corrected chi connectivity index (χ2v) is 7.75. The monoisotopic (exact) mass is 481 g/mol. The van der Waals surface area contributed by atoms with Crippen LogP contribution < -0.4 is 15.8 Å². The lowest BCUT2D eigenvalue weighted by Gasteiger charge is -2.23. The molecule has 1 aliphatic rings. The van der Waals surface area contributed by atoms with E-state index in [4.69, 9.17) is 5.73 Å². The van der Waals surface area contributed by atoms with Crippen LogP contribution in [0, 0.1) is 0 Å². The number of likely N-dealkylation sites (N-methyl/N-ethyl adjacent to an activating group) is 1. The molecule has 0 spiro atoms. The first-order valence-corrected chi connectivity index (χ1v) is 9.75. The van der Waals surface area contributed by atoms with Crippen LogP contribution in [0.5, 0.6) is 0 Å². The highest BCUT2D eigenvalue weighted by Gasteiger charge is 2.22. The second kappa shape index (κ2) is 10.3. The van der Waals surface area contributed by atoms with Crippen LogP contribution in [0.15, 0.2) is 34.2 Å². The Morgan fingerprint density at radius 2 is 2.04 bits per heavy atom. The number of nitrogens with zero attached hydrogens (tertiary/aromatic N) is 2. The molecular weight excluding hydrogens is 453 g/mol. The molecule has 1 heterocycles. The van der Waals surface area contributed by atoms with E-state index in [0.29, 0.717) is 18.5 Å². The lowest BCUT2D eigenvalue weighted by atomic mass is 10.2. The average molecular weight is 481 g/mol. The minimum Gasteiger partial charge on any atom is -0.370 e. The van der Waals surface area contributed by atoms with Crippen LogP contribution in [0.1, 0.15) is 25.3 Å². The zero-order valence-electron chi connectivity index (χ0n) is 14.7. The molecule has 0 aromatic heterocycles. The minimum atomic E-state index is -3.40. The summed E-state index contributed by atoms with van der Waals surface area (Å²) in [6.45, 7) is 5.62. The normalized spacial score (nSPS) is 18.8. The van der Waals surface area contributed by atoms with Crippen molar-refractivity contribution in [3.63, 3.8) is 0 Å². The van der Waals surface area contributed by atoms with Gasteiger partial charge in [-0.1, -0.05) is 19.1 Å². The minimum absolute atomic E-state index is 0. The fourth-order valence-corrected chi connectivity index (χ4v) is 3.62. The third-order valence-electron chi connectivity index (χ3n) is 4.36. The smallest absolute Gasteiger partial charge is 0.240 e. The molecule has 1 unspecified atom stereocenters. The Morgan fingerprint density at radius 3 is 2.64 bits per heavy atom. The maximum atomic E-state index is 11.7. The highest BCUT2D eigenvalue weighted by atomic mass is 127. The first-order valence-electron chi connectivity index (χ1n) is 8.26. The Bertz CT molecular complexity index is 664. The van der Waals surface area contributed by atoms with Gasteiger partial charge in [-0.3, -0.25) is 4.90 Å². The van der Waals surface area contributed by atoms with E-state index < -0.39 is 10.0 Å². The third-order valence-corrected chi connectivity index (χ3v) is 5.79. The van der Waals surface area contributed by atoms with Crippen LogP contribution in [-0.4, -0.2) is 52.0 Å². The number of halogens is 1. The fourth-order valence-electron chi connectivity index (χ4n) is 2.89. The van der Waals surface area contributed by atoms with Gasteiger partial charge in [-0.2, -0.15) is 0 Å².